The van der Waals surface area contributed by atoms with Gasteiger partial charge in [0.25, 0.3) is 15.9 Å². The lowest BCUT2D eigenvalue weighted by molar-refractivity contribution is -0.275. The zero-order valence-corrected chi connectivity index (χ0v) is 27.7. The Bertz CT molecular complexity index is 1910. The number of ether oxygens (including phenoxy) is 3. The van der Waals surface area contributed by atoms with Crippen LogP contribution in [0.15, 0.2) is 66.1 Å². The summed E-state index contributed by atoms with van der Waals surface area (Å²) in [7, 11) is 0.227. The molecule has 5 rings (SSSR count). The number of sulfonamides is 1. The summed E-state index contributed by atoms with van der Waals surface area (Å²) in [5.74, 6) is -2.89. The largest absolute Gasteiger partial charge is 0.573 e. The second kappa shape index (κ2) is 12.6. The van der Waals surface area contributed by atoms with Gasteiger partial charge in [0, 0.05) is 42.9 Å². The van der Waals surface area contributed by atoms with Crippen LogP contribution in [0, 0.1) is 0 Å². The number of β-amino-alcohol motifs (C(OH)–C–C–N with tert-alkyl or cyclic N) is 1. The standard InChI is InChI=1S/C32H31ClF3N3O8S/c1-6-18-7-11-26(46-5)23(13-18)31(38-17-20(40)15-25(38)29(41)37(2)3)22-14-19(33)8-10-24(22)39(30(31)42)48(43,44)28-12-9-21(45-4)16-27(28)47-32(34,35)36/h6-14,16,20,25,40H,1,15,17H2,2-5H3/t20-,25+,31?/m1/s1. The molecule has 3 atom stereocenters. The maximum absolute atomic E-state index is 15.3. The predicted octanol–water partition coefficient (Wildman–Crippen LogP) is 4.40. The number of aliphatic hydroxyl groups excluding tert-OH is 1. The van der Waals surface area contributed by atoms with Gasteiger partial charge in [0.2, 0.25) is 5.91 Å². The number of carbonyl (C=O) groups excluding carboxylic acids is 2. The normalized spacial score (nSPS) is 21.2. The molecule has 48 heavy (non-hydrogen) atoms. The summed E-state index contributed by atoms with van der Waals surface area (Å²) in [6.07, 6.45) is -5.10. The van der Waals surface area contributed by atoms with Crippen LogP contribution < -0.4 is 18.5 Å². The van der Waals surface area contributed by atoms with Gasteiger partial charge in [0.1, 0.15) is 16.4 Å². The average Bonchev–Trinajstić information content (AvgIpc) is 3.53. The fourth-order valence-corrected chi connectivity index (χ4v) is 7.99. The molecule has 1 saturated heterocycles. The number of carbonyl (C=O) groups is 2. The Morgan fingerprint density at radius 1 is 1.06 bits per heavy atom. The number of nitrogens with zero attached hydrogens (tertiary/aromatic N) is 3. The number of anilines is 1. The number of likely N-dealkylation sites (tertiary alicyclic amines) is 1. The summed E-state index contributed by atoms with van der Waals surface area (Å²) in [6, 6.07) is 10.1. The highest BCUT2D eigenvalue weighted by molar-refractivity contribution is 7.93. The van der Waals surface area contributed by atoms with E-state index in [-0.39, 0.29) is 46.3 Å². The number of likely N-dealkylation sites (N-methyl/N-ethyl adjacent to an activating group) is 1. The molecule has 3 aromatic carbocycles. The number of hydrogen-bond acceptors (Lipinski definition) is 9. The SMILES string of the molecule is C=Cc1ccc(OC)c(C2(N3C[C@H](O)C[C@H]3C(=O)N(C)C)C(=O)N(S(=O)(=O)c3ccc(OC)cc3OC(F)(F)F)c3ccc(Cl)cc32)c1. The second-order valence-electron chi connectivity index (χ2n) is 11.3. The van der Waals surface area contributed by atoms with Crippen LogP contribution in [0.1, 0.15) is 23.1 Å². The van der Waals surface area contributed by atoms with Crippen LogP contribution in [0.5, 0.6) is 17.2 Å². The molecule has 0 spiro atoms. The van der Waals surface area contributed by atoms with Gasteiger partial charge in [-0.2, -0.15) is 0 Å². The molecule has 0 bridgehead atoms. The number of aliphatic hydroxyl groups is 1. The number of hydrogen-bond donors (Lipinski definition) is 1. The maximum Gasteiger partial charge on any atom is 0.573 e. The van der Waals surface area contributed by atoms with Gasteiger partial charge in [-0.1, -0.05) is 30.3 Å². The molecule has 2 aliphatic heterocycles. The van der Waals surface area contributed by atoms with Crippen molar-refractivity contribution in [1.29, 1.82) is 0 Å². The Balaban J connectivity index is 1.89. The van der Waals surface area contributed by atoms with Crippen LogP contribution in [0.4, 0.5) is 18.9 Å². The van der Waals surface area contributed by atoms with Gasteiger partial charge in [-0.3, -0.25) is 14.5 Å². The number of alkyl halides is 3. The Morgan fingerprint density at radius 2 is 1.77 bits per heavy atom. The lowest BCUT2D eigenvalue weighted by atomic mass is 9.80. The molecule has 11 nitrogen and oxygen atoms in total. The highest BCUT2D eigenvalue weighted by Gasteiger charge is 2.64. The van der Waals surface area contributed by atoms with Crippen molar-refractivity contribution in [3.8, 4) is 17.2 Å². The number of rotatable bonds is 9. The van der Waals surface area contributed by atoms with E-state index in [0.717, 1.165) is 18.2 Å². The Hall–Kier alpha value is -4.31. The van der Waals surface area contributed by atoms with E-state index in [9.17, 15) is 31.5 Å². The minimum atomic E-state index is -5.31. The summed E-state index contributed by atoms with van der Waals surface area (Å²) < 4.78 is 85.0. The average molecular weight is 710 g/mol. The third-order valence-electron chi connectivity index (χ3n) is 8.24. The lowest BCUT2D eigenvalue weighted by Gasteiger charge is -2.42. The quantitative estimate of drug-likeness (QED) is 0.344. The highest BCUT2D eigenvalue weighted by atomic mass is 35.5. The van der Waals surface area contributed by atoms with Crippen molar-refractivity contribution in [2.24, 2.45) is 0 Å². The number of fused-ring (bicyclic) bond motifs is 1. The topological polar surface area (TPSA) is 126 Å². The third-order valence-corrected chi connectivity index (χ3v) is 10.2. The number of benzene rings is 3. The molecule has 1 unspecified atom stereocenters. The van der Waals surface area contributed by atoms with Gasteiger partial charge in [0.05, 0.1) is 32.1 Å². The monoisotopic (exact) mass is 709 g/mol. The van der Waals surface area contributed by atoms with Gasteiger partial charge >= 0.3 is 6.36 Å². The fourth-order valence-electron chi connectivity index (χ4n) is 6.26. The van der Waals surface area contributed by atoms with E-state index in [0.29, 0.717) is 9.87 Å². The first-order valence-electron chi connectivity index (χ1n) is 14.3. The highest BCUT2D eigenvalue weighted by Crippen LogP contribution is 2.55. The van der Waals surface area contributed by atoms with Crippen molar-refractivity contribution in [3.63, 3.8) is 0 Å². The molecule has 0 aliphatic carbocycles. The Morgan fingerprint density at radius 3 is 2.38 bits per heavy atom. The summed E-state index contributed by atoms with van der Waals surface area (Å²) in [6.45, 7) is 3.50. The van der Waals surface area contributed by atoms with E-state index in [4.69, 9.17) is 21.1 Å². The van der Waals surface area contributed by atoms with Crippen LogP contribution in [-0.4, -0.2) is 88.5 Å². The van der Waals surface area contributed by atoms with Crippen molar-refractivity contribution in [2.75, 3.05) is 39.2 Å². The van der Waals surface area contributed by atoms with Gasteiger partial charge in [0.15, 0.2) is 11.3 Å². The van der Waals surface area contributed by atoms with Crippen molar-refractivity contribution < 1.29 is 50.5 Å². The molecule has 2 heterocycles. The van der Waals surface area contributed by atoms with Crippen molar-refractivity contribution >= 4 is 45.2 Å². The van der Waals surface area contributed by atoms with Crippen LogP contribution >= 0.6 is 11.6 Å². The van der Waals surface area contributed by atoms with E-state index >= 15 is 4.79 Å². The molecule has 0 saturated carbocycles. The Kier molecular flexibility index (Phi) is 9.20. The predicted molar refractivity (Wildman–Crippen MR) is 169 cm³/mol. The number of amides is 2. The fraction of sp³-hybridized carbons (Fsp3) is 0.312. The minimum Gasteiger partial charge on any atom is -0.497 e. The van der Waals surface area contributed by atoms with E-state index in [1.165, 1.54) is 74.5 Å². The first-order valence-corrected chi connectivity index (χ1v) is 16.1. The zero-order chi connectivity index (χ0) is 35.3. The van der Waals surface area contributed by atoms with Gasteiger partial charge in [-0.05, 0) is 54.4 Å². The third kappa shape index (κ3) is 5.74. The van der Waals surface area contributed by atoms with Crippen molar-refractivity contribution in [2.45, 2.75) is 35.4 Å². The molecule has 2 amide bonds. The maximum atomic E-state index is 15.3. The van der Waals surface area contributed by atoms with Gasteiger partial charge in [-0.15, -0.1) is 13.2 Å². The number of halogens is 4. The molecule has 256 valence electrons. The lowest BCUT2D eigenvalue weighted by Crippen LogP contribution is -2.59. The molecule has 1 N–H and O–H groups in total. The molecule has 2 aliphatic rings. The first kappa shape index (κ1) is 35.0. The molecular formula is C32H31ClF3N3O8S. The van der Waals surface area contributed by atoms with E-state index in [2.05, 4.69) is 11.3 Å². The molecule has 1 fully saturated rings. The van der Waals surface area contributed by atoms with Crippen LogP contribution in [0.3, 0.4) is 0 Å². The van der Waals surface area contributed by atoms with Crippen molar-refractivity contribution in [3.05, 3.63) is 82.9 Å². The molecule has 0 aromatic heterocycles. The molecule has 3 aromatic rings. The number of methoxy groups -OCH3 is 2. The summed E-state index contributed by atoms with van der Waals surface area (Å²) in [5, 5.41) is 11.0. The van der Waals surface area contributed by atoms with E-state index in [1.54, 1.807) is 6.07 Å². The van der Waals surface area contributed by atoms with Gasteiger partial charge in [-0.25, -0.2) is 12.7 Å². The summed E-state index contributed by atoms with van der Waals surface area (Å²) >= 11 is 6.48. The van der Waals surface area contributed by atoms with Crippen LogP contribution in [0.2, 0.25) is 5.02 Å². The first-order chi connectivity index (χ1) is 22.5. The van der Waals surface area contributed by atoms with Crippen LogP contribution in [-0.2, 0) is 25.2 Å². The van der Waals surface area contributed by atoms with Crippen LogP contribution in [0.25, 0.3) is 6.08 Å². The minimum absolute atomic E-state index is 0.0273. The molecule has 0 radical (unpaired) electrons. The zero-order valence-electron chi connectivity index (χ0n) is 26.1. The van der Waals surface area contributed by atoms with E-state index in [1.807, 2.05) is 0 Å². The Labute approximate surface area is 279 Å². The van der Waals surface area contributed by atoms with E-state index < -0.39 is 56.5 Å². The molecule has 16 heteroatoms. The van der Waals surface area contributed by atoms with Crippen molar-refractivity contribution in [1.82, 2.24) is 9.80 Å². The summed E-state index contributed by atoms with van der Waals surface area (Å²) in [5.41, 5.74) is -1.97. The second-order valence-corrected chi connectivity index (χ2v) is 13.5. The smallest absolute Gasteiger partial charge is 0.497 e. The summed E-state index contributed by atoms with van der Waals surface area (Å²) in [4.78, 5) is 30.6. The molecular weight excluding hydrogens is 679 g/mol. The van der Waals surface area contributed by atoms with Gasteiger partial charge < -0.3 is 24.2 Å².